The molecule has 8 heteroatoms. The highest BCUT2D eigenvalue weighted by atomic mass is 16.2. The van der Waals surface area contributed by atoms with E-state index in [2.05, 4.69) is 26.0 Å². The summed E-state index contributed by atoms with van der Waals surface area (Å²) in [7, 11) is 0. The third-order valence-electron chi connectivity index (χ3n) is 6.83. The van der Waals surface area contributed by atoms with Gasteiger partial charge in [-0.3, -0.25) is 9.59 Å². The Hall–Kier alpha value is -2.77. The SMILES string of the molecule is CC(C)n1nc(C(=O)N2CC3CN(c4cc(C5CCC5)ncn4)CC3C2)ccc1=O. The Balaban J connectivity index is 1.25. The van der Waals surface area contributed by atoms with E-state index in [0.717, 1.165) is 32.0 Å². The van der Waals surface area contributed by atoms with Gasteiger partial charge in [0.1, 0.15) is 17.8 Å². The van der Waals surface area contributed by atoms with Gasteiger partial charge in [-0.15, -0.1) is 0 Å². The van der Waals surface area contributed by atoms with E-state index in [1.54, 1.807) is 12.4 Å². The van der Waals surface area contributed by atoms with E-state index in [4.69, 9.17) is 0 Å². The highest BCUT2D eigenvalue weighted by molar-refractivity contribution is 5.92. The van der Waals surface area contributed by atoms with Gasteiger partial charge < -0.3 is 9.80 Å². The van der Waals surface area contributed by atoms with Crippen LogP contribution in [0.1, 0.15) is 61.3 Å². The lowest BCUT2D eigenvalue weighted by Crippen LogP contribution is -2.35. The first kappa shape index (κ1) is 19.2. The summed E-state index contributed by atoms with van der Waals surface area (Å²) in [5, 5.41) is 4.30. The summed E-state index contributed by atoms with van der Waals surface area (Å²) in [5.74, 6) is 2.41. The monoisotopic (exact) mass is 408 g/mol. The van der Waals surface area contributed by atoms with Crippen molar-refractivity contribution in [1.29, 1.82) is 0 Å². The number of nitrogens with zero attached hydrogens (tertiary/aromatic N) is 6. The maximum atomic E-state index is 13.0. The lowest BCUT2D eigenvalue weighted by atomic mass is 9.83. The van der Waals surface area contributed by atoms with Crippen LogP contribution >= 0.6 is 0 Å². The molecule has 30 heavy (non-hydrogen) atoms. The highest BCUT2D eigenvalue weighted by Gasteiger charge is 2.42. The molecule has 4 heterocycles. The second-order valence-electron chi connectivity index (χ2n) is 9.16. The summed E-state index contributed by atoms with van der Waals surface area (Å²) in [4.78, 5) is 38.2. The van der Waals surface area contributed by atoms with E-state index in [1.165, 1.54) is 35.7 Å². The number of aromatic nitrogens is 4. The zero-order chi connectivity index (χ0) is 20.8. The first-order chi connectivity index (χ1) is 14.5. The number of rotatable bonds is 4. The fourth-order valence-corrected chi connectivity index (χ4v) is 4.88. The van der Waals surface area contributed by atoms with Crippen molar-refractivity contribution in [3.63, 3.8) is 0 Å². The first-order valence-electron chi connectivity index (χ1n) is 11.0. The van der Waals surface area contributed by atoms with Crippen LogP contribution in [0, 0.1) is 11.8 Å². The Bertz CT molecular complexity index is 1000. The smallest absolute Gasteiger partial charge is 0.274 e. The first-order valence-corrected chi connectivity index (χ1v) is 11.0. The van der Waals surface area contributed by atoms with Crippen molar-refractivity contribution in [2.24, 2.45) is 11.8 Å². The standard InChI is InChI=1S/C22H28N6O2/c1-14(2)28-21(29)7-6-18(25-28)22(30)27-11-16-9-26(10-17(16)12-27)20-8-19(23-13-24-20)15-4-3-5-15/h6-8,13-17H,3-5,9-12H2,1-2H3. The average molecular weight is 409 g/mol. The van der Waals surface area contributed by atoms with Gasteiger partial charge >= 0.3 is 0 Å². The van der Waals surface area contributed by atoms with Crippen LogP contribution in [-0.2, 0) is 0 Å². The van der Waals surface area contributed by atoms with Crippen LogP contribution < -0.4 is 10.5 Å². The maximum Gasteiger partial charge on any atom is 0.274 e. The predicted molar refractivity (Wildman–Crippen MR) is 113 cm³/mol. The molecular weight excluding hydrogens is 380 g/mol. The highest BCUT2D eigenvalue weighted by Crippen LogP contribution is 2.38. The molecule has 2 saturated heterocycles. The molecule has 5 rings (SSSR count). The number of likely N-dealkylation sites (tertiary alicyclic amines) is 1. The van der Waals surface area contributed by atoms with Crippen molar-refractivity contribution >= 4 is 11.7 Å². The lowest BCUT2D eigenvalue weighted by Gasteiger charge is -2.26. The topological polar surface area (TPSA) is 84.2 Å². The van der Waals surface area contributed by atoms with Crippen LogP contribution in [0.5, 0.6) is 0 Å². The minimum Gasteiger partial charge on any atom is -0.356 e. The molecule has 0 N–H and O–H groups in total. The summed E-state index contributed by atoms with van der Waals surface area (Å²) in [6, 6.07) is 5.07. The Kier molecular flexibility index (Phi) is 4.79. The molecule has 0 spiro atoms. The Morgan fingerprint density at radius 2 is 1.80 bits per heavy atom. The minimum atomic E-state index is -0.179. The van der Waals surface area contributed by atoms with E-state index in [-0.39, 0.29) is 17.5 Å². The number of hydrogen-bond acceptors (Lipinski definition) is 6. The quantitative estimate of drug-likeness (QED) is 0.770. The summed E-state index contributed by atoms with van der Waals surface area (Å²) in [5.41, 5.74) is 1.34. The molecule has 2 unspecified atom stereocenters. The van der Waals surface area contributed by atoms with Crippen LogP contribution in [0.3, 0.4) is 0 Å². The van der Waals surface area contributed by atoms with Crippen LogP contribution in [0.15, 0.2) is 29.3 Å². The molecule has 2 aromatic rings. The third-order valence-corrected chi connectivity index (χ3v) is 6.83. The van der Waals surface area contributed by atoms with Crippen molar-refractivity contribution in [3.05, 3.63) is 46.3 Å². The molecule has 8 nitrogen and oxygen atoms in total. The summed E-state index contributed by atoms with van der Waals surface area (Å²) >= 11 is 0. The molecule has 158 valence electrons. The van der Waals surface area contributed by atoms with E-state index >= 15 is 0 Å². The second-order valence-corrected chi connectivity index (χ2v) is 9.16. The van der Waals surface area contributed by atoms with Gasteiger partial charge in [0.2, 0.25) is 0 Å². The Morgan fingerprint density at radius 3 is 2.43 bits per heavy atom. The number of carbonyl (C=O) groups excluding carboxylic acids is 1. The number of carbonyl (C=O) groups is 1. The van der Waals surface area contributed by atoms with E-state index < -0.39 is 0 Å². The Morgan fingerprint density at radius 1 is 1.07 bits per heavy atom. The predicted octanol–water partition coefficient (Wildman–Crippen LogP) is 2.09. The molecule has 1 amide bonds. The van der Waals surface area contributed by atoms with Crippen LogP contribution in [0.25, 0.3) is 0 Å². The van der Waals surface area contributed by atoms with Crippen molar-refractivity contribution in [2.45, 2.75) is 45.1 Å². The number of hydrogen-bond donors (Lipinski definition) is 0. The summed E-state index contributed by atoms with van der Waals surface area (Å²) in [6.45, 7) is 7.05. The van der Waals surface area contributed by atoms with Gasteiger partial charge in [0, 0.05) is 61.8 Å². The van der Waals surface area contributed by atoms with E-state index in [9.17, 15) is 9.59 Å². The Labute approximate surface area is 175 Å². The second kappa shape index (κ2) is 7.49. The number of fused-ring (bicyclic) bond motifs is 1. The van der Waals surface area contributed by atoms with Crippen LogP contribution in [0.2, 0.25) is 0 Å². The summed E-state index contributed by atoms with van der Waals surface area (Å²) < 4.78 is 1.38. The average Bonchev–Trinajstić information content (AvgIpc) is 3.26. The number of amides is 1. The zero-order valence-electron chi connectivity index (χ0n) is 17.6. The van der Waals surface area contributed by atoms with Gasteiger partial charge in [-0.1, -0.05) is 6.42 Å². The van der Waals surface area contributed by atoms with Crippen molar-refractivity contribution in [1.82, 2.24) is 24.6 Å². The molecule has 2 atom stereocenters. The maximum absolute atomic E-state index is 13.0. The van der Waals surface area contributed by atoms with Crippen LogP contribution in [0.4, 0.5) is 5.82 Å². The van der Waals surface area contributed by atoms with Gasteiger partial charge in [-0.2, -0.15) is 5.10 Å². The third kappa shape index (κ3) is 3.38. The molecule has 1 saturated carbocycles. The number of anilines is 1. The van der Waals surface area contributed by atoms with Crippen molar-refractivity contribution < 1.29 is 4.79 Å². The fourth-order valence-electron chi connectivity index (χ4n) is 4.88. The van der Waals surface area contributed by atoms with Crippen LogP contribution in [-0.4, -0.2) is 56.7 Å². The molecule has 1 aliphatic carbocycles. The fraction of sp³-hybridized carbons (Fsp3) is 0.591. The minimum absolute atomic E-state index is 0.0746. The van der Waals surface area contributed by atoms with E-state index in [0.29, 0.717) is 23.4 Å². The van der Waals surface area contributed by atoms with Crippen molar-refractivity contribution in [2.75, 3.05) is 31.1 Å². The zero-order valence-corrected chi connectivity index (χ0v) is 17.6. The lowest BCUT2D eigenvalue weighted by molar-refractivity contribution is 0.0773. The molecule has 3 fully saturated rings. The molecule has 0 bridgehead atoms. The molecule has 2 aliphatic heterocycles. The van der Waals surface area contributed by atoms with Gasteiger partial charge in [0.25, 0.3) is 11.5 Å². The van der Waals surface area contributed by atoms with Gasteiger partial charge in [-0.25, -0.2) is 14.6 Å². The molecule has 0 radical (unpaired) electrons. The van der Waals surface area contributed by atoms with E-state index in [1.807, 2.05) is 18.7 Å². The normalized spacial score (nSPS) is 23.7. The molecular formula is C22H28N6O2. The summed E-state index contributed by atoms with van der Waals surface area (Å²) in [6.07, 6.45) is 5.46. The molecule has 2 aromatic heterocycles. The van der Waals surface area contributed by atoms with Gasteiger partial charge in [0.15, 0.2) is 0 Å². The van der Waals surface area contributed by atoms with Gasteiger partial charge in [0.05, 0.1) is 6.04 Å². The van der Waals surface area contributed by atoms with Gasteiger partial charge in [-0.05, 0) is 32.8 Å². The largest absolute Gasteiger partial charge is 0.356 e. The molecule has 3 aliphatic rings. The molecule has 0 aromatic carbocycles. The van der Waals surface area contributed by atoms with Crippen molar-refractivity contribution in [3.8, 4) is 0 Å².